The second-order valence-corrected chi connectivity index (χ2v) is 12.9. The third-order valence-corrected chi connectivity index (χ3v) is 10.0. The number of ether oxygens (including phenoxy) is 1. The number of aliphatic carboxylic acids is 1. The molecular weight excluding hydrogens is 617 g/mol. The second-order valence-electron chi connectivity index (χ2n) is 9.29. The quantitative estimate of drug-likeness (QED) is 0.290. The van der Waals surface area contributed by atoms with Gasteiger partial charge in [0.25, 0.3) is 0 Å². The van der Waals surface area contributed by atoms with Gasteiger partial charge < -0.3 is 39.1 Å². The first-order valence-electron chi connectivity index (χ1n) is 11.3. The number of nitrogens with one attached hydrogen (secondary N) is 1. The van der Waals surface area contributed by atoms with Crippen molar-refractivity contribution in [2.75, 3.05) is 6.16 Å². The lowest BCUT2D eigenvalue weighted by atomic mass is 10.2. The lowest BCUT2D eigenvalue weighted by Crippen LogP contribution is -3.00. The van der Waals surface area contributed by atoms with Gasteiger partial charge in [0.05, 0.1) is 6.16 Å². The minimum absolute atomic E-state index is 0. The van der Waals surface area contributed by atoms with Crippen molar-refractivity contribution in [3.8, 4) is 0 Å². The number of halogens is 4. The number of carboxylic acids is 1. The summed E-state index contributed by atoms with van der Waals surface area (Å²) in [6, 6.07) is 16.1. The van der Waals surface area contributed by atoms with Crippen LogP contribution < -0.4 is 45.2 Å². The lowest BCUT2D eigenvalue weighted by molar-refractivity contribution is -0.139. The normalized spacial score (nSPS) is 12.3. The smallest absolute Gasteiger partial charge is 0.408 e. The van der Waals surface area contributed by atoms with Crippen LogP contribution in [0, 0.1) is 17.5 Å². The molecule has 0 saturated heterocycles. The summed E-state index contributed by atoms with van der Waals surface area (Å²) in [5.41, 5.74) is -0.819. The third kappa shape index (κ3) is 7.92. The van der Waals surface area contributed by atoms with E-state index in [2.05, 4.69) is 5.32 Å². The van der Waals surface area contributed by atoms with E-state index in [9.17, 15) is 27.9 Å². The fraction of sp³-hybridized carbons (Fsp3) is 0.259. The number of hydrogen-bond acceptors (Lipinski definition) is 3. The fourth-order valence-electron chi connectivity index (χ4n) is 3.95. The van der Waals surface area contributed by atoms with Gasteiger partial charge >= 0.3 is 12.1 Å². The fourth-order valence-corrected chi connectivity index (χ4v) is 8.24. The van der Waals surface area contributed by atoms with Gasteiger partial charge in [-0.05, 0) is 93.6 Å². The summed E-state index contributed by atoms with van der Waals surface area (Å²) in [7, 11) is -2.75. The van der Waals surface area contributed by atoms with Gasteiger partial charge in [0.1, 0.15) is 52.3 Å². The molecule has 0 aromatic heterocycles. The molecule has 198 valence electrons. The van der Waals surface area contributed by atoms with E-state index >= 15 is 0 Å². The molecule has 0 saturated carbocycles. The number of benzene rings is 3. The molecule has 0 bridgehead atoms. The van der Waals surface area contributed by atoms with Crippen molar-refractivity contribution in [3.05, 3.63) is 90.2 Å². The number of alkyl carbamates (subject to hydrolysis) is 1. The highest BCUT2D eigenvalue weighted by Crippen LogP contribution is 2.56. The van der Waals surface area contributed by atoms with Crippen LogP contribution >= 0.6 is 7.26 Å². The van der Waals surface area contributed by atoms with Gasteiger partial charge in [0.15, 0.2) is 0 Å². The number of amides is 1. The Bertz CT molecular complexity index is 1090. The van der Waals surface area contributed by atoms with Crippen molar-refractivity contribution in [1.82, 2.24) is 5.32 Å². The van der Waals surface area contributed by atoms with Gasteiger partial charge in [-0.15, -0.1) is 0 Å². The molecule has 0 radical (unpaired) electrons. The zero-order valence-corrected chi connectivity index (χ0v) is 23.6. The highest BCUT2D eigenvalue weighted by Gasteiger charge is 2.46. The van der Waals surface area contributed by atoms with Crippen LogP contribution in [0.5, 0.6) is 0 Å². The van der Waals surface area contributed by atoms with Crippen molar-refractivity contribution in [2.24, 2.45) is 0 Å². The van der Waals surface area contributed by atoms with Crippen LogP contribution in [0.25, 0.3) is 0 Å². The summed E-state index contributed by atoms with van der Waals surface area (Å²) in [6.07, 6.45) is -0.680. The Morgan fingerprint density at radius 2 is 1.16 bits per heavy atom. The zero-order chi connectivity index (χ0) is 26.5. The molecule has 37 heavy (non-hydrogen) atoms. The standard InChI is InChI=1S/C27H27F3NO4P.HI/c1-27(2,3)35-26(34)31-24(25(32)33)16-17-36(21-10-4-18(28)5-11-21,22-12-6-19(29)7-13-22)23-14-8-20(30)9-15-23;/h4-15,24H,16-17H2,1-3H3,(H-,31,32,33,34);1H. The molecule has 3 aromatic rings. The van der Waals surface area contributed by atoms with Crippen LogP contribution in [0.3, 0.4) is 0 Å². The number of carbonyl (C=O) groups is 2. The Labute approximate surface area is 231 Å². The maximum Gasteiger partial charge on any atom is 0.408 e. The Balaban J connectivity index is 0.00000481. The zero-order valence-electron chi connectivity index (χ0n) is 20.6. The van der Waals surface area contributed by atoms with Crippen LogP contribution in [0.4, 0.5) is 18.0 Å². The first-order chi connectivity index (χ1) is 16.9. The van der Waals surface area contributed by atoms with Crippen LogP contribution in [0.1, 0.15) is 27.2 Å². The molecule has 0 spiro atoms. The van der Waals surface area contributed by atoms with E-state index in [4.69, 9.17) is 4.74 Å². The number of hydrogen-bond donors (Lipinski definition) is 2. The molecule has 3 rings (SSSR count). The molecule has 3 aromatic carbocycles. The van der Waals surface area contributed by atoms with E-state index in [0.717, 1.165) is 0 Å². The average Bonchev–Trinajstić information content (AvgIpc) is 2.80. The van der Waals surface area contributed by atoms with E-state index < -0.39 is 48.4 Å². The molecule has 5 nitrogen and oxygen atoms in total. The summed E-state index contributed by atoms with van der Waals surface area (Å²) in [6.45, 7) is 4.99. The first-order valence-corrected chi connectivity index (χ1v) is 13.3. The van der Waals surface area contributed by atoms with E-state index in [0.29, 0.717) is 15.9 Å². The molecular formula is C27H28F3INO4P. The monoisotopic (exact) mass is 645 g/mol. The summed E-state index contributed by atoms with van der Waals surface area (Å²) in [4.78, 5) is 24.4. The van der Waals surface area contributed by atoms with Crippen molar-refractivity contribution < 1.29 is 56.6 Å². The van der Waals surface area contributed by atoms with E-state index in [-0.39, 0.29) is 36.6 Å². The molecule has 0 heterocycles. The maximum atomic E-state index is 13.9. The van der Waals surface area contributed by atoms with Crippen molar-refractivity contribution in [3.63, 3.8) is 0 Å². The number of carboxylic acid groups (broad SMARTS) is 1. The van der Waals surface area contributed by atoms with Gasteiger partial charge in [-0.3, -0.25) is 0 Å². The van der Waals surface area contributed by atoms with E-state index in [1.165, 1.54) is 36.4 Å². The van der Waals surface area contributed by atoms with Crippen LogP contribution in [-0.4, -0.2) is 35.0 Å². The molecule has 1 amide bonds. The van der Waals surface area contributed by atoms with Crippen molar-refractivity contribution in [1.29, 1.82) is 0 Å². The Morgan fingerprint density at radius 1 is 0.811 bits per heavy atom. The van der Waals surface area contributed by atoms with Gasteiger partial charge in [-0.1, -0.05) is 0 Å². The summed E-state index contributed by atoms with van der Waals surface area (Å²) in [5.74, 6) is -2.61. The molecule has 2 N–H and O–H groups in total. The largest absolute Gasteiger partial charge is 1.00 e. The maximum absolute atomic E-state index is 13.9. The average molecular weight is 645 g/mol. The summed E-state index contributed by atoms with van der Waals surface area (Å²) in [5, 5.41) is 14.3. The third-order valence-electron chi connectivity index (χ3n) is 5.54. The van der Waals surface area contributed by atoms with Crippen molar-refractivity contribution in [2.45, 2.75) is 38.8 Å². The molecule has 1 unspecified atom stereocenters. The Morgan fingerprint density at radius 3 is 1.46 bits per heavy atom. The van der Waals surface area contributed by atoms with E-state index in [1.54, 1.807) is 57.2 Å². The molecule has 0 fully saturated rings. The highest BCUT2D eigenvalue weighted by atomic mass is 127. The first kappa shape index (κ1) is 30.6. The molecule has 1 atom stereocenters. The van der Waals surface area contributed by atoms with Crippen LogP contribution in [0.15, 0.2) is 72.8 Å². The lowest BCUT2D eigenvalue weighted by Gasteiger charge is -2.29. The highest BCUT2D eigenvalue weighted by molar-refractivity contribution is 7.95. The predicted molar refractivity (Wildman–Crippen MR) is 135 cm³/mol. The predicted octanol–water partition coefficient (Wildman–Crippen LogP) is 1.77. The molecule has 0 aliphatic rings. The van der Waals surface area contributed by atoms with E-state index in [1.807, 2.05) is 0 Å². The SMILES string of the molecule is CC(C)(C)OC(=O)NC(CC[P+](c1ccc(F)cc1)(c1ccc(F)cc1)c1ccc(F)cc1)C(=O)O.[I-]. The molecule has 10 heteroatoms. The number of carbonyl (C=O) groups excluding carboxylic acids is 1. The minimum Gasteiger partial charge on any atom is -1.00 e. The molecule has 0 aliphatic carbocycles. The van der Waals surface area contributed by atoms with Gasteiger partial charge in [-0.2, -0.15) is 0 Å². The summed E-state index contributed by atoms with van der Waals surface area (Å²) >= 11 is 0. The van der Waals surface area contributed by atoms with Crippen molar-refractivity contribution >= 4 is 35.2 Å². The minimum atomic E-state index is -2.75. The number of rotatable bonds is 8. The van der Waals surface area contributed by atoms with Gasteiger partial charge in [-0.25, -0.2) is 22.8 Å². The second kappa shape index (κ2) is 12.7. The Kier molecular flexibility index (Phi) is 10.5. The van der Waals surface area contributed by atoms with Gasteiger partial charge in [0, 0.05) is 6.42 Å². The molecule has 0 aliphatic heterocycles. The Hall–Kier alpha value is -2.65. The topological polar surface area (TPSA) is 75.6 Å². The van der Waals surface area contributed by atoms with Crippen LogP contribution in [-0.2, 0) is 9.53 Å². The van der Waals surface area contributed by atoms with Gasteiger partial charge in [0.2, 0.25) is 0 Å². The summed E-state index contributed by atoms with van der Waals surface area (Å²) < 4.78 is 46.8. The van der Waals surface area contributed by atoms with Crippen LogP contribution in [0.2, 0.25) is 0 Å².